The lowest BCUT2D eigenvalue weighted by atomic mass is 10.1. The Kier molecular flexibility index (Phi) is 4.20. The van der Waals surface area contributed by atoms with E-state index in [0.29, 0.717) is 6.04 Å². The predicted octanol–water partition coefficient (Wildman–Crippen LogP) is 2.64. The molecule has 0 amide bonds. The first-order valence-corrected chi connectivity index (χ1v) is 8.04. The summed E-state index contributed by atoms with van der Waals surface area (Å²) in [5.74, 6) is 1.08. The van der Waals surface area contributed by atoms with Crippen LogP contribution in [0.1, 0.15) is 50.3 Å². The largest absolute Gasteiger partial charge is 0.368 e. The van der Waals surface area contributed by atoms with Gasteiger partial charge in [-0.3, -0.25) is 4.90 Å². The van der Waals surface area contributed by atoms with Crippen molar-refractivity contribution in [2.45, 2.75) is 64.0 Å². The molecule has 1 aromatic rings. The van der Waals surface area contributed by atoms with E-state index < -0.39 is 0 Å². The van der Waals surface area contributed by atoms with Gasteiger partial charge >= 0.3 is 0 Å². The molecule has 2 aliphatic carbocycles. The van der Waals surface area contributed by atoms with Crippen LogP contribution in [0.25, 0.3) is 0 Å². The van der Waals surface area contributed by atoms with E-state index >= 15 is 0 Å². The maximum atomic E-state index is 4.48. The summed E-state index contributed by atoms with van der Waals surface area (Å²) in [7, 11) is 2.24. The first-order chi connectivity index (χ1) is 9.75. The van der Waals surface area contributed by atoms with Crippen molar-refractivity contribution >= 4 is 5.82 Å². The molecule has 0 spiro atoms. The second-order valence-electron chi connectivity index (χ2n) is 6.33. The molecule has 110 valence electrons. The molecule has 3 rings (SSSR count). The second-order valence-corrected chi connectivity index (χ2v) is 6.33. The summed E-state index contributed by atoms with van der Waals surface area (Å²) in [5.41, 5.74) is 2.63. The third-order valence-corrected chi connectivity index (χ3v) is 4.76. The smallest absolute Gasteiger partial charge is 0.132 e. The highest BCUT2D eigenvalue weighted by atomic mass is 15.2. The zero-order chi connectivity index (χ0) is 13.9. The highest BCUT2D eigenvalue weighted by molar-refractivity contribution is 5.46. The Balaban J connectivity index is 1.64. The highest BCUT2D eigenvalue weighted by Crippen LogP contribution is 2.27. The first-order valence-electron chi connectivity index (χ1n) is 8.04. The van der Waals surface area contributed by atoms with Crippen molar-refractivity contribution in [2.75, 3.05) is 18.9 Å². The van der Waals surface area contributed by atoms with Crippen molar-refractivity contribution < 1.29 is 0 Å². The molecule has 4 nitrogen and oxygen atoms in total. The van der Waals surface area contributed by atoms with Crippen LogP contribution in [0.5, 0.6) is 0 Å². The molecule has 1 unspecified atom stereocenters. The molecule has 1 saturated carbocycles. The number of likely N-dealkylation sites (N-methyl/N-ethyl adjacent to an activating group) is 1. The normalized spacial score (nSPS) is 20.4. The molecule has 0 saturated heterocycles. The van der Waals surface area contributed by atoms with Gasteiger partial charge in [-0.1, -0.05) is 6.42 Å². The number of nitrogens with zero attached hydrogens (tertiary/aromatic N) is 3. The number of nitrogens with one attached hydrogen (secondary N) is 1. The first kappa shape index (κ1) is 13.8. The lowest BCUT2D eigenvalue weighted by molar-refractivity contribution is 0.257. The van der Waals surface area contributed by atoms with Gasteiger partial charge < -0.3 is 5.32 Å². The van der Waals surface area contributed by atoms with Crippen molar-refractivity contribution in [1.82, 2.24) is 14.9 Å². The Morgan fingerprint density at radius 1 is 1.25 bits per heavy atom. The van der Waals surface area contributed by atoms with E-state index in [1.807, 2.05) is 0 Å². The molecule has 1 fully saturated rings. The van der Waals surface area contributed by atoms with E-state index in [9.17, 15) is 0 Å². The molecule has 2 aliphatic rings. The minimum absolute atomic E-state index is 0.555. The number of anilines is 1. The average molecular weight is 274 g/mol. The Morgan fingerprint density at radius 3 is 2.85 bits per heavy atom. The number of aromatic nitrogens is 2. The molecule has 0 radical (unpaired) electrons. The maximum Gasteiger partial charge on any atom is 0.132 e. The summed E-state index contributed by atoms with van der Waals surface area (Å²) in [6, 6.07) is 1.37. The van der Waals surface area contributed by atoms with Gasteiger partial charge in [-0.15, -0.1) is 0 Å². The van der Waals surface area contributed by atoms with Crippen LogP contribution in [-0.4, -0.2) is 40.5 Å². The average Bonchev–Trinajstić information content (AvgIpc) is 3.29. The summed E-state index contributed by atoms with van der Waals surface area (Å²) in [6.45, 7) is 3.27. The van der Waals surface area contributed by atoms with Gasteiger partial charge in [-0.25, -0.2) is 9.97 Å². The fraction of sp³-hybridized carbons (Fsp3) is 0.750. The van der Waals surface area contributed by atoms with Crippen LogP contribution in [0.2, 0.25) is 0 Å². The zero-order valence-electron chi connectivity index (χ0n) is 12.7. The number of hydrogen-bond acceptors (Lipinski definition) is 4. The molecule has 4 heteroatoms. The van der Waals surface area contributed by atoms with Gasteiger partial charge in [0.1, 0.15) is 12.1 Å². The molecule has 0 aliphatic heterocycles. The second kappa shape index (κ2) is 6.08. The molecule has 20 heavy (non-hydrogen) atoms. The van der Waals surface area contributed by atoms with Gasteiger partial charge in [0.2, 0.25) is 0 Å². The molecular formula is C16H26N4. The van der Waals surface area contributed by atoms with Gasteiger partial charge in [0.25, 0.3) is 0 Å². The quantitative estimate of drug-likeness (QED) is 0.838. The molecule has 0 bridgehead atoms. The van der Waals surface area contributed by atoms with Crippen LogP contribution in [0.4, 0.5) is 5.82 Å². The minimum atomic E-state index is 0.555. The molecule has 0 aromatic carbocycles. The van der Waals surface area contributed by atoms with Crippen LogP contribution in [0.15, 0.2) is 6.33 Å². The topological polar surface area (TPSA) is 41.1 Å². The lowest BCUT2D eigenvalue weighted by Gasteiger charge is -2.25. The van der Waals surface area contributed by atoms with E-state index in [4.69, 9.17) is 0 Å². The highest BCUT2D eigenvalue weighted by Gasteiger charge is 2.29. The number of aryl methyl sites for hydroxylation is 1. The van der Waals surface area contributed by atoms with Crippen LogP contribution in [0.3, 0.4) is 0 Å². The number of fused-ring (bicyclic) bond motifs is 1. The number of hydrogen-bond donors (Lipinski definition) is 1. The van der Waals surface area contributed by atoms with Crippen molar-refractivity contribution in [1.29, 1.82) is 0 Å². The third kappa shape index (κ3) is 3.11. The van der Waals surface area contributed by atoms with Crippen LogP contribution in [-0.2, 0) is 12.8 Å². The van der Waals surface area contributed by atoms with Gasteiger partial charge in [-0.2, -0.15) is 0 Å². The Bertz CT molecular complexity index is 456. The molecular weight excluding hydrogens is 248 g/mol. The predicted molar refractivity (Wildman–Crippen MR) is 82.0 cm³/mol. The fourth-order valence-corrected chi connectivity index (χ4v) is 3.08. The van der Waals surface area contributed by atoms with Crippen LogP contribution < -0.4 is 5.32 Å². The maximum absolute atomic E-state index is 4.48. The van der Waals surface area contributed by atoms with E-state index in [1.165, 1.54) is 43.4 Å². The summed E-state index contributed by atoms with van der Waals surface area (Å²) >= 11 is 0. The summed E-state index contributed by atoms with van der Waals surface area (Å²) in [5, 5.41) is 3.57. The van der Waals surface area contributed by atoms with E-state index in [0.717, 1.165) is 31.2 Å². The van der Waals surface area contributed by atoms with Crippen molar-refractivity contribution in [2.24, 2.45) is 0 Å². The van der Waals surface area contributed by atoms with Crippen LogP contribution in [0, 0.1) is 0 Å². The van der Waals surface area contributed by atoms with Gasteiger partial charge in [0.15, 0.2) is 0 Å². The fourth-order valence-electron chi connectivity index (χ4n) is 3.08. The monoisotopic (exact) mass is 274 g/mol. The third-order valence-electron chi connectivity index (χ3n) is 4.76. The Labute approximate surface area is 122 Å². The van der Waals surface area contributed by atoms with Crippen molar-refractivity contribution in [3.63, 3.8) is 0 Å². The number of rotatable bonds is 5. The molecule has 1 N–H and O–H groups in total. The zero-order valence-corrected chi connectivity index (χ0v) is 12.7. The van der Waals surface area contributed by atoms with E-state index in [-0.39, 0.29) is 0 Å². The van der Waals surface area contributed by atoms with E-state index in [1.54, 1.807) is 6.33 Å². The standard InChI is InChI=1S/C16H26N4/c1-12(20(2)13-8-9-13)10-17-16-14-6-4-3-5-7-15(14)18-11-19-16/h11-13H,3-10H2,1-2H3,(H,17,18,19). The van der Waals surface area contributed by atoms with Gasteiger partial charge in [0, 0.05) is 29.9 Å². The molecule has 1 atom stereocenters. The molecule has 1 aromatic heterocycles. The summed E-state index contributed by atoms with van der Waals surface area (Å²) in [6.07, 6.45) is 10.6. The van der Waals surface area contributed by atoms with E-state index in [2.05, 4.69) is 34.2 Å². The molecule has 1 heterocycles. The minimum Gasteiger partial charge on any atom is -0.368 e. The Hall–Kier alpha value is -1.16. The lowest BCUT2D eigenvalue weighted by Crippen LogP contribution is -2.36. The van der Waals surface area contributed by atoms with Crippen LogP contribution >= 0.6 is 0 Å². The summed E-state index contributed by atoms with van der Waals surface area (Å²) in [4.78, 5) is 11.5. The Morgan fingerprint density at radius 2 is 2.05 bits per heavy atom. The SMILES string of the molecule is CC(CNc1ncnc2c1CCCCC2)N(C)C1CC1. The van der Waals surface area contributed by atoms with Gasteiger partial charge in [0.05, 0.1) is 0 Å². The van der Waals surface area contributed by atoms with Crippen molar-refractivity contribution in [3.8, 4) is 0 Å². The van der Waals surface area contributed by atoms with Gasteiger partial charge in [-0.05, 0) is 52.5 Å². The van der Waals surface area contributed by atoms with Crippen molar-refractivity contribution in [3.05, 3.63) is 17.6 Å². The summed E-state index contributed by atoms with van der Waals surface area (Å²) < 4.78 is 0.